The molecule has 0 aliphatic heterocycles. The number of carbonyl (C=O) groups is 1. The molecule has 1 amide bonds. The van der Waals surface area contributed by atoms with E-state index in [0.717, 1.165) is 22.6 Å². The summed E-state index contributed by atoms with van der Waals surface area (Å²) < 4.78 is 5.19. The van der Waals surface area contributed by atoms with E-state index in [1.54, 1.807) is 13.3 Å². The molecular formula is C24H27N3O2. The van der Waals surface area contributed by atoms with Crippen molar-refractivity contribution in [2.75, 3.05) is 12.4 Å². The van der Waals surface area contributed by atoms with Crippen molar-refractivity contribution in [3.63, 3.8) is 0 Å². The first-order valence-electron chi connectivity index (χ1n) is 9.74. The molecule has 0 aliphatic rings. The number of rotatable bonds is 8. The first kappa shape index (κ1) is 20.4. The Hall–Kier alpha value is -3.34. The Labute approximate surface area is 172 Å². The number of anilines is 1. The number of hydrogen-bond acceptors (Lipinski definition) is 4. The van der Waals surface area contributed by atoms with Crippen LogP contribution < -0.4 is 10.1 Å². The van der Waals surface area contributed by atoms with Crippen LogP contribution in [-0.4, -0.2) is 28.9 Å². The third-order valence-corrected chi connectivity index (χ3v) is 4.71. The minimum absolute atomic E-state index is 0.0698. The summed E-state index contributed by atoms with van der Waals surface area (Å²) in [4.78, 5) is 19.3. The van der Waals surface area contributed by atoms with E-state index in [2.05, 4.69) is 10.3 Å². The Kier molecular flexibility index (Phi) is 6.85. The lowest BCUT2D eigenvalue weighted by molar-refractivity contribution is 0.0684. The first-order valence-corrected chi connectivity index (χ1v) is 9.74. The summed E-state index contributed by atoms with van der Waals surface area (Å²) in [7, 11) is 1.65. The maximum Gasteiger partial charge on any atom is 0.273 e. The molecule has 3 aromatic rings. The number of methoxy groups -OCH3 is 1. The van der Waals surface area contributed by atoms with Crippen molar-refractivity contribution in [3.05, 3.63) is 89.7 Å². The zero-order valence-corrected chi connectivity index (χ0v) is 17.1. The number of amides is 1. The van der Waals surface area contributed by atoms with E-state index < -0.39 is 0 Å². The fraction of sp³-hybridized carbons (Fsp3) is 0.250. The number of pyridine rings is 1. The minimum atomic E-state index is -0.0723. The van der Waals surface area contributed by atoms with E-state index in [1.165, 1.54) is 0 Å². The topological polar surface area (TPSA) is 54.5 Å². The van der Waals surface area contributed by atoms with Crippen LogP contribution in [0.4, 0.5) is 5.69 Å². The van der Waals surface area contributed by atoms with Crippen molar-refractivity contribution in [2.24, 2.45) is 0 Å². The molecule has 1 N–H and O–H groups in total. The Morgan fingerprint density at radius 1 is 1.03 bits per heavy atom. The molecule has 0 spiro atoms. The molecule has 0 saturated heterocycles. The van der Waals surface area contributed by atoms with Crippen molar-refractivity contribution in [1.82, 2.24) is 9.88 Å². The molecule has 5 nitrogen and oxygen atoms in total. The quantitative estimate of drug-likeness (QED) is 0.604. The number of hydrogen-bond donors (Lipinski definition) is 1. The predicted molar refractivity (Wildman–Crippen MR) is 116 cm³/mol. The summed E-state index contributed by atoms with van der Waals surface area (Å²) in [6.07, 6.45) is 1.67. The lowest BCUT2D eigenvalue weighted by atomic mass is 10.1. The number of nitrogens with zero attached hydrogens (tertiary/aromatic N) is 2. The van der Waals surface area contributed by atoms with Gasteiger partial charge in [-0.2, -0.15) is 0 Å². The number of ether oxygens (including phenoxy) is 1. The van der Waals surface area contributed by atoms with Crippen molar-refractivity contribution < 1.29 is 9.53 Å². The van der Waals surface area contributed by atoms with Gasteiger partial charge in [-0.25, -0.2) is 0 Å². The highest BCUT2D eigenvalue weighted by atomic mass is 16.5. The van der Waals surface area contributed by atoms with Gasteiger partial charge >= 0.3 is 0 Å². The van der Waals surface area contributed by atoms with E-state index in [4.69, 9.17) is 4.74 Å². The van der Waals surface area contributed by atoms with Crippen molar-refractivity contribution in [2.45, 2.75) is 33.0 Å². The van der Waals surface area contributed by atoms with Gasteiger partial charge in [-0.05, 0) is 49.2 Å². The molecular weight excluding hydrogens is 362 g/mol. The highest BCUT2D eigenvalue weighted by Gasteiger charge is 2.20. The van der Waals surface area contributed by atoms with Crippen LogP contribution in [0.2, 0.25) is 0 Å². The Balaban J connectivity index is 1.69. The van der Waals surface area contributed by atoms with Crippen molar-refractivity contribution >= 4 is 11.6 Å². The van der Waals surface area contributed by atoms with Crippen LogP contribution in [0.3, 0.4) is 0 Å². The molecule has 5 heteroatoms. The smallest absolute Gasteiger partial charge is 0.273 e. The molecule has 0 radical (unpaired) electrons. The van der Waals surface area contributed by atoms with Gasteiger partial charge in [-0.1, -0.05) is 42.5 Å². The number of carbonyl (C=O) groups excluding carboxylic acids is 1. The Morgan fingerprint density at radius 2 is 1.76 bits per heavy atom. The fourth-order valence-electron chi connectivity index (χ4n) is 3.02. The van der Waals surface area contributed by atoms with Gasteiger partial charge in [0.05, 0.1) is 7.11 Å². The lowest BCUT2D eigenvalue weighted by Crippen LogP contribution is -2.36. The summed E-state index contributed by atoms with van der Waals surface area (Å²) in [5, 5.41) is 3.36. The number of aromatic nitrogens is 1. The van der Waals surface area contributed by atoms with Gasteiger partial charge in [0.25, 0.3) is 5.91 Å². The minimum Gasteiger partial charge on any atom is -0.497 e. The molecule has 0 unspecified atom stereocenters. The SMILES string of the molecule is COc1ccc(CNc2ccnc(C(=O)N(Cc3ccccc3)C(C)C)c2)cc1. The van der Waals surface area contributed by atoms with Gasteiger partial charge in [0, 0.05) is 31.0 Å². The maximum atomic E-state index is 13.1. The monoisotopic (exact) mass is 389 g/mol. The molecule has 1 aromatic heterocycles. The van der Waals surface area contributed by atoms with E-state index in [-0.39, 0.29) is 11.9 Å². The van der Waals surface area contributed by atoms with Crippen LogP contribution in [0.1, 0.15) is 35.5 Å². The van der Waals surface area contributed by atoms with Crippen LogP contribution in [0.5, 0.6) is 5.75 Å². The van der Waals surface area contributed by atoms with Crippen LogP contribution in [0.25, 0.3) is 0 Å². The summed E-state index contributed by atoms with van der Waals surface area (Å²) in [5.41, 5.74) is 3.53. The third-order valence-electron chi connectivity index (χ3n) is 4.71. The molecule has 0 saturated carbocycles. The zero-order valence-electron chi connectivity index (χ0n) is 17.1. The Bertz CT molecular complexity index is 924. The van der Waals surface area contributed by atoms with E-state index in [9.17, 15) is 4.79 Å². The lowest BCUT2D eigenvalue weighted by Gasteiger charge is -2.26. The predicted octanol–water partition coefficient (Wildman–Crippen LogP) is 4.75. The number of nitrogens with one attached hydrogen (secondary N) is 1. The third kappa shape index (κ3) is 5.57. The van der Waals surface area contributed by atoms with Gasteiger partial charge < -0.3 is 15.0 Å². The van der Waals surface area contributed by atoms with Gasteiger partial charge in [0.2, 0.25) is 0 Å². The molecule has 1 heterocycles. The van der Waals surface area contributed by atoms with Gasteiger partial charge in [0.1, 0.15) is 11.4 Å². The highest BCUT2D eigenvalue weighted by molar-refractivity contribution is 5.93. The van der Waals surface area contributed by atoms with Gasteiger partial charge in [0.15, 0.2) is 0 Å². The Morgan fingerprint density at radius 3 is 2.41 bits per heavy atom. The molecule has 2 aromatic carbocycles. The van der Waals surface area contributed by atoms with Crippen molar-refractivity contribution in [3.8, 4) is 5.75 Å². The highest BCUT2D eigenvalue weighted by Crippen LogP contribution is 2.17. The van der Waals surface area contributed by atoms with Crippen LogP contribution >= 0.6 is 0 Å². The second-order valence-electron chi connectivity index (χ2n) is 7.14. The maximum absolute atomic E-state index is 13.1. The average molecular weight is 389 g/mol. The summed E-state index contributed by atoms with van der Waals surface area (Å²) in [6.45, 7) is 5.25. The second kappa shape index (κ2) is 9.73. The largest absolute Gasteiger partial charge is 0.497 e. The van der Waals surface area contributed by atoms with Crippen molar-refractivity contribution in [1.29, 1.82) is 0 Å². The van der Waals surface area contributed by atoms with E-state index in [0.29, 0.717) is 18.8 Å². The van der Waals surface area contributed by atoms with E-state index in [1.807, 2.05) is 85.5 Å². The summed E-state index contributed by atoms with van der Waals surface area (Å²) in [5.74, 6) is 0.759. The van der Waals surface area contributed by atoms with Crippen LogP contribution in [0.15, 0.2) is 72.9 Å². The second-order valence-corrected chi connectivity index (χ2v) is 7.14. The molecule has 3 rings (SSSR count). The molecule has 29 heavy (non-hydrogen) atoms. The molecule has 0 aliphatic carbocycles. The molecule has 0 bridgehead atoms. The van der Waals surface area contributed by atoms with Gasteiger partial charge in [-0.15, -0.1) is 0 Å². The van der Waals surface area contributed by atoms with Crippen LogP contribution in [0, 0.1) is 0 Å². The summed E-state index contributed by atoms with van der Waals surface area (Å²) >= 11 is 0. The molecule has 150 valence electrons. The van der Waals surface area contributed by atoms with Crippen LogP contribution in [-0.2, 0) is 13.1 Å². The average Bonchev–Trinajstić information content (AvgIpc) is 2.76. The number of benzene rings is 2. The first-order chi connectivity index (χ1) is 14.1. The normalized spacial score (nSPS) is 10.6. The standard InChI is InChI=1S/C24H27N3O2/c1-18(2)27(17-20-7-5-4-6-8-20)24(28)23-15-21(13-14-25-23)26-16-19-9-11-22(29-3)12-10-19/h4-15,18H,16-17H2,1-3H3,(H,25,26). The molecule has 0 fully saturated rings. The van der Waals surface area contributed by atoms with Gasteiger partial charge in [-0.3, -0.25) is 9.78 Å². The van der Waals surface area contributed by atoms with E-state index >= 15 is 0 Å². The summed E-state index contributed by atoms with van der Waals surface area (Å²) in [6, 6.07) is 21.7. The molecule has 0 atom stereocenters. The zero-order chi connectivity index (χ0) is 20.6. The fourth-order valence-corrected chi connectivity index (χ4v) is 3.02.